The van der Waals surface area contributed by atoms with Crippen molar-refractivity contribution in [2.24, 2.45) is 0 Å². The molecule has 0 bridgehead atoms. The van der Waals surface area contributed by atoms with E-state index < -0.39 is 0 Å². The molecule has 0 amide bonds. The topological polar surface area (TPSA) is 55.1 Å². The molecule has 0 spiro atoms. The highest BCUT2D eigenvalue weighted by Crippen LogP contribution is 2.33. The van der Waals surface area contributed by atoms with Gasteiger partial charge in [-0.1, -0.05) is 23.2 Å². The SMILES string of the molecule is O=C(c1cc(Cl)c(O)c(Cl)c1)n1ccc2cnccc21. The van der Waals surface area contributed by atoms with E-state index in [0.717, 1.165) is 10.9 Å². The van der Waals surface area contributed by atoms with Gasteiger partial charge in [0, 0.05) is 29.5 Å². The van der Waals surface area contributed by atoms with Gasteiger partial charge in [-0.3, -0.25) is 14.3 Å². The summed E-state index contributed by atoms with van der Waals surface area (Å²) < 4.78 is 1.48. The van der Waals surface area contributed by atoms with Gasteiger partial charge in [0.05, 0.1) is 15.6 Å². The first-order valence-electron chi connectivity index (χ1n) is 5.71. The van der Waals surface area contributed by atoms with Gasteiger partial charge in [0.15, 0.2) is 5.75 Å². The Bertz CT molecular complexity index is 804. The number of hydrogen-bond acceptors (Lipinski definition) is 3. The summed E-state index contributed by atoms with van der Waals surface area (Å²) in [6.45, 7) is 0. The third-order valence-electron chi connectivity index (χ3n) is 2.97. The molecule has 100 valence electrons. The first kappa shape index (κ1) is 13.0. The van der Waals surface area contributed by atoms with Crippen molar-refractivity contribution in [1.82, 2.24) is 9.55 Å². The number of benzene rings is 1. The van der Waals surface area contributed by atoms with E-state index in [2.05, 4.69) is 4.98 Å². The van der Waals surface area contributed by atoms with Crippen LogP contribution in [0.1, 0.15) is 10.4 Å². The Morgan fingerprint density at radius 1 is 1.20 bits per heavy atom. The Morgan fingerprint density at radius 2 is 1.90 bits per heavy atom. The number of phenols is 1. The van der Waals surface area contributed by atoms with Crippen LogP contribution in [0, 0.1) is 0 Å². The van der Waals surface area contributed by atoms with Crippen LogP contribution < -0.4 is 0 Å². The lowest BCUT2D eigenvalue weighted by atomic mass is 10.2. The van der Waals surface area contributed by atoms with Gasteiger partial charge in [0.1, 0.15) is 0 Å². The molecule has 3 rings (SSSR count). The Labute approximate surface area is 124 Å². The number of fused-ring (bicyclic) bond motifs is 1. The third-order valence-corrected chi connectivity index (χ3v) is 3.55. The molecule has 20 heavy (non-hydrogen) atoms. The summed E-state index contributed by atoms with van der Waals surface area (Å²) in [5, 5.41) is 10.5. The zero-order chi connectivity index (χ0) is 14.3. The fourth-order valence-electron chi connectivity index (χ4n) is 1.99. The van der Waals surface area contributed by atoms with E-state index in [9.17, 15) is 9.90 Å². The second kappa shape index (κ2) is 4.81. The Kier molecular flexibility index (Phi) is 3.12. The van der Waals surface area contributed by atoms with Crippen LogP contribution >= 0.6 is 23.2 Å². The average Bonchev–Trinajstić information content (AvgIpc) is 2.87. The number of halogens is 2. The van der Waals surface area contributed by atoms with E-state index >= 15 is 0 Å². The molecule has 2 aromatic heterocycles. The molecule has 1 aromatic carbocycles. The number of phenolic OH excluding ortho intramolecular Hbond substituents is 1. The van der Waals surface area contributed by atoms with Gasteiger partial charge in [0.2, 0.25) is 0 Å². The summed E-state index contributed by atoms with van der Waals surface area (Å²) in [6, 6.07) is 6.32. The molecular formula is C14H8Cl2N2O2. The first-order valence-corrected chi connectivity index (χ1v) is 6.47. The van der Waals surface area contributed by atoms with Crippen LogP contribution in [-0.4, -0.2) is 20.6 Å². The van der Waals surface area contributed by atoms with Crippen molar-refractivity contribution < 1.29 is 9.90 Å². The summed E-state index contributed by atoms with van der Waals surface area (Å²) in [5.41, 5.74) is 1.04. The number of carbonyl (C=O) groups is 1. The van der Waals surface area contributed by atoms with E-state index in [1.54, 1.807) is 30.7 Å². The van der Waals surface area contributed by atoms with Gasteiger partial charge >= 0.3 is 0 Å². The maximum Gasteiger partial charge on any atom is 0.262 e. The van der Waals surface area contributed by atoms with Crippen LogP contribution in [0.5, 0.6) is 5.75 Å². The Balaban J connectivity index is 2.13. The van der Waals surface area contributed by atoms with Crippen LogP contribution in [0.2, 0.25) is 10.0 Å². The van der Waals surface area contributed by atoms with Crippen LogP contribution in [0.15, 0.2) is 42.9 Å². The lowest BCUT2D eigenvalue weighted by Crippen LogP contribution is -2.10. The second-order valence-electron chi connectivity index (χ2n) is 4.21. The highest BCUT2D eigenvalue weighted by atomic mass is 35.5. The van der Waals surface area contributed by atoms with Crippen molar-refractivity contribution >= 4 is 40.0 Å². The largest absolute Gasteiger partial charge is 0.505 e. The predicted octanol–water partition coefficient (Wildman–Crippen LogP) is 3.74. The third kappa shape index (κ3) is 2.03. The van der Waals surface area contributed by atoms with Gasteiger partial charge in [-0.2, -0.15) is 0 Å². The van der Waals surface area contributed by atoms with Gasteiger partial charge < -0.3 is 5.11 Å². The van der Waals surface area contributed by atoms with Gasteiger partial charge in [-0.15, -0.1) is 0 Å². The van der Waals surface area contributed by atoms with Crippen LogP contribution in [0.4, 0.5) is 0 Å². The first-order chi connectivity index (χ1) is 9.58. The van der Waals surface area contributed by atoms with E-state index in [1.807, 2.05) is 0 Å². The summed E-state index contributed by atoms with van der Waals surface area (Å²) in [4.78, 5) is 16.5. The summed E-state index contributed by atoms with van der Waals surface area (Å²) in [5.74, 6) is -0.513. The van der Waals surface area contributed by atoms with Crippen LogP contribution in [0.25, 0.3) is 10.9 Å². The maximum absolute atomic E-state index is 12.5. The van der Waals surface area contributed by atoms with Crippen molar-refractivity contribution in [3.8, 4) is 5.75 Å². The van der Waals surface area contributed by atoms with Gasteiger partial charge in [0.25, 0.3) is 5.91 Å². The lowest BCUT2D eigenvalue weighted by Gasteiger charge is -2.07. The van der Waals surface area contributed by atoms with Crippen molar-refractivity contribution in [3.05, 3.63) is 58.5 Å². The minimum Gasteiger partial charge on any atom is -0.505 e. The van der Waals surface area contributed by atoms with Crippen molar-refractivity contribution in [2.45, 2.75) is 0 Å². The normalized spacial score (nSPS) is 10.9. The Morgan fingerprint density at radius 3 is 2.60 bits per heavy atom. The number of pyridine rings is 1. The highest BCUT2D eigenvalue weighted by Gasteiger charge is 2.15. The molecule has 0 unspecified atom stereocenters. The van der Waals surface area contributed by atoms with E-state index in [-0.39, 0.29) is 21.7 Å². The smallest absolute Gasteiger partial charge is 0.262 e. The van der Waals surface area contributed by atoms with Crippen molar-refractivity contribution in [3.63, 3.8) is 0 Å². The number of rotatable bonds is 1. The average molecular weight is 307 g/mol. The molecule has 0 saturated heterocycles. The minimum absolute atomic E-state index is 0.0407. The molecule has 2 heterocycles. The monoisotopic (exact) mass is 306 g/mol. The molecule has 6 heteroatoms. The summed E-state index contributed by atoms with van der Waals surface area (Å²) in [7, 11) is 0. The van der Waals surface area contributed by atoms with Gasteiger partial charge in [-0.05, 0) is 24.3 Å². The molecule has 0 aliphatic heterocycles. The molecular weight excluding hydrogens is 299 g/mol. The predicted molar refractivity (Wildman–Crippen MR) is 77.6 cm³/mol. The zero-order valence-corrected chi connectivity index (χ0v) is 11.6. The number of nitrogens with zero attached hydrogens (tertiary/aromatic N) is 2. The molecule has 0 saturated carbocycles. The van der Waals surface area contributed by atoms with Gasteiger partial charge in [-0.25, -0.2) is 0 Å². The van der Waals surface area contributed by atoms with Crippen LogP contribution in [0.3, 0.4) is 0 Å². The molecule has 3 aromatic rings. The second-order valence-corrected chi connectivity index (χ2v) is 5.03. The van der Waals surface area contributed by atoms with Crippen molar-refractivity contribution in [2.75, 3.05) is 0 Å². The molecule has 4 nitrogen and oxygen atoms in total. The highest BCUT2D eigenvalue weighted by molar-refractivity contribution is 6.37. The summed E-state index contributed by atoms with van der Waals surface area (Å²) >= 11 is 11.7. The molecule has 0 aliphatic rings. The van der Waals surface area contributed by atoms with E-state index in [4.69, 9.17) is 23.2 Å². The minimum atomic E-state index is -0.282. The lowest BCUT2D eigenvalue weighted by molar-refractivity contribution is 0.0965. The maximum atomic E-state index is 12.5. The standard InChI is InChI=1S/C14H8Cl2N2O2/c15-10-5-9(6-11(16)13(10)19)14(20)18-4-2-8-7-17-3-1-12(8)18/h1-7,19H. The number of hydrogen-bond donors (Lipinski definition) is 1. The molecule has 1 N–H and O–H groups in total. The molecule has 0 aliphatic carbocycles. The molecule has 0 radical (unpaired) electrons. The molecule has 0 atom stereocenters. The fourth-order valence-corrected chi connectivity index (χ4v) is 2.47. The number of aromatic hydroxyl groups is 1. The fraction of sp³-hybridized carbons (Fsp3) is 0. The number of carbonyl (C=O) groups excluding carboxylic acids is 1. The number of aromatic nitrogens is 2. The zero-order valence-electron chi connectivity index (χ0n) is 10.0. The Hall–Kier alpha value is -2.04. The summed E-state index contributed by atoms with van der Waals surface area (Å²) in [6.07, 6.45) is 4.95. The van der Waals surface area contributed by atoms with E-state index in [0.29, 0.717) is 5.56 Å². The molecule has 0 fully saturated rings. The van der Waals surface area contributed by atoms with Crippen molar-refractivity contribution in [1.29, 1.82) is 0 Å². The quantitative estimate of drug-likeness (QED) is 0.745. The van der Waals surface area contributed by atoms with E-state index in [1.165, 1.54) is 16.7 Å². The van der Waals surface area contributed by atoms with Crippen LogP contribution in [-0.2, 0) is 0 Å².